The number of benzene rings is 1. The quantitative estimate of drug-likeness (QED) is 0.725. The molecule has 0 aliphatic carbocycles. The van der Waals surface area contributed by atoms with Gasteiger partial charge in [0, 0.05) is 30.5 Å². The first-order chi connectivity index (χ1) is 13.2. The molecule has 1 saturated heterocycles. The lowest BCUT2D eigenvalue weighted by atomic mass is 10.00. The predicted molar refractivity (Wildman–Crippen MR) is 112 cm³/mol. The third-order valence-electron chi connectivity index (χ3n) is 5.34. The summed E-state index contributed by atoms with van der Waals surface area (Å²) in [6, 6.07) is 10.7. The summed E-state index contributed by atoms with van der Waals surface area (Å²) in [6.45, 7) is 5.06. The van der Waals surface area contributed by atoms with Crippen LogP contribution in [0.3, 0.4) is 0 Å². The van der Waals surface area contributed by atoms with Gasteiger partial charge in [-0.25, -0.2) is 5.01 Å². The second-order valence-corrected chi connectivity index (χ2v) is 8.38. The monoisotopic (exact) mass is 382 g/mol. The van der Waals surface area contributed by atoms with Crippen molar-refractivity contribution in [3.05, 3.63) is 54.4 Å². The molecule has 142 valence electrons. The van der Waals surface area contributed by atoms with E-state index in [0.717, 1.165) is 42.2 Å². The van der Waals surface area contributed by atoms with E-state index in [-0.39, 0.29) is 11.4 Å². The number of nitrogens with zero attached hydrogens (tertiary/aromatic N) is 4. The van der Waals surface area contributed by atoms with E-state index in [2.05, 4.69) is 35.3 Å². The first kappa shape index (κ1) is 18.2. The molecule has 3 aliphatic rings. The summed E-state index contributed by atoms with van der Waals surface area (Å²) in [7, 11) is 0. The molecule has 1 fully saturated rings. The van der Waals surface area contributed by atoms with E-state index < -0.39 is 0 Å². The Kier molecular flexibility index (Phi) is 5.25. The maximum absolute atomic E-state index is 12.8. The van der Waals surface area contributed by atoms with E-state index in [1.165, 1.54) is 6.42 Å². The van der Waals surface area contributed by atoms with Gasteiger partial charge < -0.3 is 9.80 Å². The number of hydrogen-bond donors (Lipinski definition) is 0. The fourth-order valence-electron chi connectivity index (χ4n) is 3.94. The summed E-state index contributed by atoms with van der Waals surface area (Å²) >= 11 is 1.73. The smallest absolute Gasteiger partial charge is 0.246 e. The summed E-state index contributed by atoms with van der Waals surface area (Å²) in [5, 5.41) is 7.70. The fraction of sp³-hybridized carbons (Fsp3) is 0.429. The van der Waals surface area contributed by atoms with Gasteiger partial charge in [-0.05, 0) is 50.8 Å². The average molecular weight is 383 g/mol. The van der Waals surface area contributed by atoms with E-state index in [0.29, 0.717) is 6.04 Å². The highest BCUT2D eigenvalue weighted by Gasteiger charge is 2.37. The largest absolute Gasteiger partial charge is 0.336 e. The molecule has 2 atom stereocenters. The molecule has 0 spiro atoms. The van der Waals surface area contributed by atoms with E-state index >= 15 is 0 Å². The summed E-state index contributed by atoms with van der Waals surface area (Å²) in [5.74, 6) is 0.115. The lowest BCUT2D eigenvalue weighted by Crippen LogP contribution is -2.42. The number of para-hydroxylation sites is 1. The average Bonchev–Trinajstić information content (AvgIpc) is 3.24. The van der Waals surface area contributed by atoms with E-state index in [1.807, 2.05) is 41.1 Å². The maximum Gasteiger partial charge on any atom is 0.246 e. The lowest BCUT2D eigenvalue weighted by molar-refractivity contribution is -0.129. The fourth-order valence-corrected chi connectivity index (χ4v) is 4.95. The predicted octanol–water partition coefficient (Wildman–Crippen LogP) is 4.36. The highest BCUT2D eigenvalue weighted by molar-refractivity contribution is 8.14. The molecule has 27 heavy (non-hydrogen) atoms. The van der Waals surface area contributed by atoms with Gasteiger partial charge in [-0.15, -0.1) is 0 Å². The van der Waals surface area contributed by atoms with Gasteiger partial charge in [0.1, 0.15) is 0 Å². The Morgan fingerprint density at radius 1 is 1.30 bits per heavy atom. The Morgan fingerprint density at radius 2 is 2.11 bits per heavy atom. The van der Waals surface area contributed by atoms with Crippen LogP contribution < -0.4 is 4.90 Å². The van der Waals surface area contributed by atoms with Gasteiger partial charge in [-0.1, -0.05) is 36.9 Å². The molecule has 1 amide bonds. The van der Waals surface area contributed by atoms with Crippen LogP contribution in [0.5, 0.6) is 0 Å². The van der Waals surface area contributed by atoms with Gasteiger partial charge in [-0.2, -0.15) is 5.10 Å². The highest BCUT2D eigenvalue weighted by Crippen LogP contribution is 2.40. The molecule has 3 heterocycles. The van der Waals surface area contributed by atoms with Gasteiger partial charge in [0.05, 0.1) is 10.7 Å². The number of carbonyl (C=O) groups excluding carboxylic acids is 1. The van der Waals surface area contributed by atoms with E-state index in [4.69, 9.17) is 0 Å². The number of allylic oxidation sites excluding steroid dienone is 1. The van der Waals surface area contributed by atoms with Crippen LogP contribution in [0.15, 0.2) is 59.5 Å². The molecule has 0 aromatic heterocycles. The zero-order valence-electron chi connectivity index (χ0n) is 15.9. The number of amides is 1. The van der Waals surface area contributed by atoms with Crippen LogP contribution in [0, 0.1) is 0 Å². The molecular weight excluding hydrogens is 356 g/mol. The van der Waals surface area contributed by atoms with Gasteiger partial charge in [0.15, 0.2) is 5.50 Å². The Labute approximate surface area is 165 Å². The first-order valence-corrected chi connectivity index (χ1v) is 10.6. The summed E-state index contributed by atoms with van der Waals surface area (Å²) in [5.41, 5.74) is 2.16. The number of piperidine rings is 1. The highest BCUT2D eigenvalue weighted by atomic mass is 32.2. The van der Waals surface area contributed by atoms with Crippen molar-refractivity contribution in [2.45, 2.75) is 51.1 Å². The zero-order valence-corrected chi connectivity index (χ0v) is 16.7. The SMILES string of the molecule is CCC1CCCCN1C(=O)C=CC1=CN(c2ccccc2)C2SC(C)=NN12. The number of carbonyl (C=O) groups is 1. The first-order valence-electron chi connectivity index (χ1n) is 9.72. The van der Waals surface area contributed by atoms with Crippen molar-refractivity contribution in [1.82, 2.24) is 9.91 Å². The zero-order chi connectivity index (χ0) is 18.8. The lowest BCUT2D eigenvalue weighted by Gasteiger charge is -2.34. The molecule has 4 rings (SSSR count). The van der Waals surface area contributed by atoms with Crippen LogP contribution in [0.2, 0.25) is 0 Å². The molecule has 3 aliphatic heterocycles. The third kappa shape index (κ3) is 3.63. The molecule has 0 radical (unpaired) electrons. The number of anilines is 1. The Hall–Kier alpha value is -2.21. The number of hydrogen-bond acceptors (Lipinski definition) is 5. The van der Waals surface area contributed by atoms with Gasteiger partial charge >= 0.3 is 0 Å². The normalized spacial score (nSPS) is 25.0. The van der Waals surface area contributed by atoms with Crippen LogP contribution in [0.4, 0.5) is 5.69 Å². The van der Waals surface area contributed by atoms with E-state index in [9.17, 15) is 4.79 Å². The van der Waals surface area contributed by atoms with Gasteiger partial charge in [0.2, 0.25) is 5.91 Å². The number of hydrazone groups is 1. The standard InChI is InChI=1S/C21H26N4OS/c1-3-17-9-7-8-14-23(17)20(26)13-12-19-15-24(18-10-5-4-6-11-18)21-25(19)22-16(2)27-21/h4-6,10-13,15,17,21H,3,7-9,14H2,1-2H3. The minimum atomic E-state index is 0.0838. The molecule has 0 saturated carbocycles. The molecule has 1 aromatic rings. The number of likely N-dealkylation sites (tertiary alicyclic amines) is 1. The Morgan fingerprint density at radius 3 is 2.89 bits per heavy atom. The second-order valence-electron chi connectivity index (χ2n) is 7.13. The molecule has 2 unspecified atom stereocenters. The van der Waals surface area contributed by atoms with Crippen molar-refractivity contribution in [3.8, 4) is 0 Å². The molecule has 6 heteroatoms. The summed E-state index contributed by atoms with van der Waals surface area (Å²) < 4.78 is 0. The third-order valence-corrected chi connectivity index (χ3v) is 6.40. The topological polar surface area (TPSA) is 39.2 Å². The number of fused-ring (bicyclic) bond motifs is 1. The van der Waals surface area contributed by atoms with Crippen molar-refractivity contribution < 1.29 is 4.79 Å². The Balaban J connectivity index is 1.54. The summed E-state index contributed by atoms with van der Waals surface area (Å²) in [4.78, 5) is 17.0. The van der Waals surface area contributed by atoms with Crippen LogP contribution >= 0.6 is 11.8 Å². The van der Waals surface area contributed by atoms with Crippen LogP contribution in [0.25, 0.3) is 0 Å². The number of thioether (sulfide) groups is 1. The molecule has 0 bridgehead atoms. The second kappa shape index (κ2) is 7.80. The molecular formula is C21H26N4OS. The van der Waals surface area contributed by atoms with Gasteiger partial charge in [0.25, 0.3) is 0 Å². The van der Waals surface area contributed by atoms with Crippen molar-refractivity contribution in [3.63, 3.8) is 0 Å². The minimum Gasteiger partial charge on any atom is -0.336 e. The van der Waals surface area contributed by atoms with Crippen molar-refractivity contribution >= 4 is 28.4 Å². The van der Waals surface area contributed by atoms with Crippen molar-refractivity contribution in [2.24, 2.45) is 5.10 Å². The maximum atomic E-state index is 12.8. The minimum absolute atomic E-state index is 0.0838. The Bertz CT molecular complexity index is 789. The van der Waals surface area contributed by atoms with E-state index in [1.54, 1.807) is 17.8 Å². The van der Waals surface area contributed by atoms with Crippen LogP contribution in [-0.4, -0.2) is 38.9 Å². The number of rotatable bonds is 4. The van der Waals surface area contributed by atoms with Crippen molar-refractivity contribution in [2.75, 3.05) is 11.4 Å². The van der Waals surface area contributed by atoms with Gasteiger partial charge in [-0.3, -0.25) is 4.79 Å². The molecule has 5 nitrogen and oxygen atoms in total. The van der Waals surface area contributed by atoms with Crippen molar-refractivity contribution in [1.29, 1.82) is 0 Å². The molecule has 1 aromatic carbocycles. The van der Waals surface area contributed by atoms with Crippen LogP contribution in [0.1, 0.15) is 39.5 Å². The molecule has 0 N–H and O–H groups in total. The van der Waals surface area contributed by atoms with Crippen LogP contribution in [-0.2, 0) is 4.79 Å². The summed E-state index contributed by atoms with van der Waals surface area (Å²) in [6.07, 6.45) is 10.2.